The van der Waals surface area contributed by atoms with E-state index in [1.54, 1.807) is 6.20 Å². The van der Waals surface area contributed by atoms with E-state index in [0.717, 1.165) is 29.5 Å². The molecule has 0 saturated carbocycles. The van der Waals surface area contributed by atoms with Crippen molar-refractivity contribution in [2.75, 3.05) is 11.4 Å². The third-order valence-electron chi connectivity index (χ3n) is 6.88. The van der Waals surface area contributed by atoms with Crippen LogP contribution in [0.2, 0.25) is 0 Å². The van der Waals surface area contributed by atoms with Gasteiger partial charge in [0, 0.05) is 42.6 Å². The average Bonchev–Trinajstić information content (AvgIpc) is 3.43. The van der Waals surface area contributed by atoms with Gasteiger partial charge in [0.2, 0.25) is 5.88 Å². The van der Waals surface area contributed by atoms with Crippen LogP contribution in [0.5, 0.6) is 5.88 Å². The molecule has 30 heavy (non-hydrogen) atoms. The zero-order valence-electron chi connectivity index (χ0n) is 17.3. The van der Waals surface area contributed by atoms with Crippen LogP contribution in [0.3, 0.4) is 0 Å². The molecule has 2 unspecified atom stereocenters. The Labute approximate surface area is 176 Å². The number of pyridine rings is 1. The Morgan fingerprint density at radius 3 is 2.73 bits per heavy atom. The van der Waals surface area contributed by atoms with Crippen LogP contribution in [0.25, 0.3) is 16.8 Å². The van der Waals surface area contributed by atoms with Gasteiger partial charge in [-0.2, -0.15) is 10.1 Å². The number of fused-ring (bicyclic) bond motifs is 5. The molecule has 0 amide bonds. The zero-order valence-corrected chi connectivity index (χ0v) is 17.3. The van der Waals surface area contributed by atoms with E-state index in [1.165, 1.54) is 36.8 Å². The van der Waals surface area contributed by atoms with E-state index in [-0.39, 0.29) is 0 Å². The molecular formula is C24H27N5O. The number of ether oxygens (including phenoxy) is 1. The zero-order chi connectivity index (χ0) is 20.1. The van der Waals surface area contributed by atoms with Crippen molar-refractivity contribution in [3.8, 4) is 22.7 Å². The predicted octanol–water partition coefficient (Wildman–Crippen LogP) is 3.94. The molecule has 5 heterocycles. The molecule has 3 aliphatic heterocycles. The molecule has 154 valence electrons. The molecule has 2 bridgehead atoms. The summed E-state index contributed by atoms with van der Waals surface area (Å²) in [6.07, 6.45) is 8.81. The van der Waals surface area contributed by atoms with Crippen molar-refractivity contribution in [1.29, 1.82) is 0 Å². The summed E-state index contributed by atoms with van der Waals surface area (Å²) in [5.41, 5.74) is 4.50. The summed E-state index contributed by atoms with van der Waals surface area (Å²) in [5.74, 6) is 1.79. The third kappa shape index (κ3) is 2.98. The minimum Gasteiger partial charge on any atom is -0.472 e. The van der Waals surface area contributed by atoms with E-state index in [9.17, 15) is 0 Å². The molecule has 0 radical (unpaired) electrons. The number of hydrogen-bond donors (Lipinski definition) is 1. The maximum atomic E-state index is 6.12. The van der Waals surface area contributed by atoms with Crippen LogP contribution >= 0.6 is 0 Å². The molecule has 2 atom stereocenters. The van der Waals surface area contributed by atoms with Gasteiger partial charge in [-0.05, 0) is 74.1 Å². The van der Waals surface area contributed by atoms with E-state index in [1.807, 2.05) is 16.9 Å². The predicted molar refractivity (Wildman–Crippen MR) is 117 cm³/mol. The van der Waals surface area contributed by atoms with Crippen LogP contribution in [0.1, 0.15) is 38.2 Å². The highest BCUT2D eigenvalue weighted by Gasteiger charge is 2.36. The molecule has 0 aliphatic carbocycles. The molecule has 2 saturated heterocycles. The van der Waals surface area contributed by atoms with Crippen LogP contribution in [-0.4, -0.2) is 39.4 Å². The molecule has 6 heteroatoms. The normalized spacial score (nSPS) is 24.1. The van der Waals surface area contributed by atoms with Gasteiger partial charge in [0.25, 0.3) is 0 Å². The first kappa shape index (κ1) is 18.0. The molecule has 6 rings (SSSR count). The minimum atomic E-state index is 0.539. The maximum Gasteiger partial charge on any atom is 0.223 e. The Morgan fingerprint density at radius 1 is 1.13 bits per heavy atom. The van der Waals surface area contributed by atoms with Crippen molar-refractivity contribution >= 4 is 5.82 Å². The van der Waals surface area contributed by atoms with Gasteiger partial charge in [-0.1, -0.05) is 6.07 Å². The minimum absolute atomic E-state index is 0.539. The van der Waals surface area contributed by atoms with Gasteiger partial charge in [-0.25, -0.2) is 4.68 Å². The largest absolute Gasteiger partial charge is 0.472 e. The summed E-state index contributed by atoms with van der Waals surface area (Å²) in [6.45, 7) is 3.75. The highest BCUT2D eigenvalue weighted by Crippen LogP contribution is 2.39. The summed E-state index contributed by atoms with van der Waals surface area (Å²) in [5, 5.41) is 8.08. The van der Waals surface area contributed by atoms with E-state index >= 15 is 0 Å². The lowest BCUT2D eigenvalue weighted by Gasteiger charge is -2.38. The van der Waals surface area contributed by atoms with Crippen molar-refractivity contribution in [3.63, 3.8) is 0 Å². The lowest BCUT2D eigenvalue weighted by Crippen LogP contribution is -2.48. The first-order valence-electron chi connectivity index (χ1n) is 11.1. The number of benzene rings is 1. The molecule has 3 aromatic rings. The summed E-state index contributed by atoms with van der Waals surface area (Å²) in [4.78, 5) is 7.45. The van der Waals surface area contributed by atoms with Gasteiger partial charge in [0.1, 0.15) is 12.4 Å². The highest BCUT2D eigenvalue weighted by molar-refractivity contribution is 5.75. The molecule has 2 aromatic heterocycles. The fourth-order valence-corrected chi connectivity index (χ4v) is 5.47. The fraction of sp³-hybridized carbons (Fsp3) is 0.417. The van der Waals surface area contributed by atoms with Gasteiger partial charge >= 0.3 is 0 Å². The molecule has 6 nitrogen and oxygen atoms in total. The maximum absolute atomic E-state index is 6.12. The highest BCUT2D eigenvalue weighted by atomic mass is 16.5. The Hall–Kier alpha value is -2.86. The molecule has 2 fully saturated rings. The number of hydrogen-bond acceptors (Lipinski definition) is 5. The lowest BCUT2D eigenvalue weighted by atomic mass is 9.97. The molecule has 0 spiro atoms. The first-order valence-corrected chi connectivity index (χ1v) is 11.1. The molecular weight excluding hydrogens is 374 g/mol. The lowest BCUT2D eigenvalue weighted by molar-refractivity contribution is 0.289. The topological polar surface area (TPSA) is 55.2 Å². The number of aromatic nitrogens is 3. The van der Waals surface area contributed by atoms with Gasteiger partial charge in [-0.15, -0.1) is 0 Å². The van der Waals surface area contributed by atoms with Gasteiger partial charge < -0.3 is 15.0 Å². The van der Waals surface area contributed by atoms with E-state index < -0.39 is 0 Å². The monoisotopic (exact) mass is 401 g/mol. The van der Waals surface area contributed by atoms with Crippen LogP contribution in [0, 0.1) is 0 Å². The number of anilines is 1. The Kier molecular flexibility index (Phi) is 4.27. The second-order valence-electron chi connectivity index (χ2n) is 8.65. The number of piperidine rings is 1. The van der Waals surface area contributed by atoms with Crippen molar-refractivity contribution < 1.29 is 4.74 Å². The molecule has 1 aromatic carbocycles. The second kappa shape index (κ2) is 7.13. The molecule has 3 aliphatic rings. The summed E-state index contributed by atoms with van der Waals surface area (Å²) < 4.78 is 8.00. The number of nitrogens with zero attached hydrogens (tertiary/aromatic N) is 4. The van der Waals surface area contributed by atoms with E-state index in [0.29, 0.717) is 24.7 Å². The van der Waals surface area contributed by atoms with Crippen LogP contribution < -0.4 is 15.0 Å². The van der Waals surface area contributed by atoms with Crippen molar-refractivity contribution in [2.45, 2.75) is 57.3 Å². The van der Waals surface area contributed by atoms with Crippen molar-refractivity contribution in [1.82, 2.24) is 20.1 Å². The fourth-order valence-electron chi connectivity index (χ4n) is 5.47. The van der Waals surface area contributed by atoms with Gasteiger partial charge in [0.15, 0.2) is 0 Å². The van der Waals surface area contributed by atoms with E-state index in [2.05, 4.69) is 52.6 Å². The SMILES string of the molecule is CCN(c1ccc2c(n1)OCc1cc(-n3cccn3)ccc1-2)C1CC2CCC(C1)N2. The smallest absolute Gasteiger partial charge is 0.223 e. The second-order valence-corrected chi connectivity index (χ2v) is 8.65. The quantitative estimate of drug-likeness (QED) is 0.718. The number of rotatable bonds is 4. The van der Waals surface area contributed by atoms with Gasteiger partial charge in [0.05, 0.1) is 5.69 Å². The van der Waals surface area contributed by atoms with E-state index in [4.69, 9.17) is 9.72 Å². The van der Waals surface area contributed by atoms with Crippen LogP contribution in [0.4, 0.5) is 5.82 Å². The summed E-state index contributed by atoms with van der Waals surface area (Å²) in [7, 11) is 0. The molecule has 1 N–H and O–H groups in total. The Morgan fingerprint density at radius 2 is 1.97 bits per heavy atom. The Bertz CT molecular complexity index is 1050. The third-order valence-corrected chi connectivity index (χ3v) is 6.88. The van der Waals surface area contributed by atoms with Crippen LogP contribution in [-0.2, 0) is 6.61 Å². The first-order chi connectivity index (χ1) is 14.8. The standard InChI is InChI=1S/C24H27N5O/c1-2-28(20-13-17-4-5-18(14-20)26-17)23-9-8-22-21-7-6-19(29-11-3-10-25-29)12-16(21)15-30-24(22)27-23/h3,6-12,17-18,20,26H,2,4-5,13-15H2,1H3. The average molecular weight is 402 g/mol. The Balaban J connectivity index is 1.30. The number of nitrogens with one attached hydrogen (secondary N) is 1. The summed E-state index contributed by atoms with van der Waals surface area (Å²) in [6, 6.07) is 14.6. The van der Waals surface area contributed by atoms with Crippen molar-refractivity contribution in [2.24, 2.45) is 0 Å². The van der Waals surface area contributed by atoms with Gasteiger partial charge in [-0.3, -0.25) is 0 Å². The van der Waals surface area contributed by atoms with Crippen LogP contribution in [0.15, 0.2) is 48.8 Å². The van der Waals surface area contributed by atoms with Crippen molar-refractivity contribution in [3.05, 3.63) is 54.4 Å². The summed E-state index contributed by atoms with van der Waals surface area (Å²) >= 11 is 0.